The average molecular weight is 848 g/mol. The van der Waals surface area contributed by atoms with Gasteiger partial charge in [0.05, 0.1) is 48.1 Å². The third kappa shape index (κ3) is 11.3. The molecule has 0 unspecified atom stereocenters. The number of H-pyrrole nitrogens is 1. The number of primary amides is 1. The number of hydrogen-bond acceptors (Lipinski definition) is 9. The summed E-state index contributed by atoms with van der Waals surface area (Å²) >= 11 is 0. The van der Waals surface area contributed by atoms with Crippen LogP contribution in [0.4, 0.5) is 5.69 Å². The number of fused-ring (bicyclic) bond motifs is 1. The van der Waals surface area contributed by atoms with Gasteiger partial charge in [0.25, 0.3) is 11.8 Å². The number of piperazine rings is 2. The van der Waals surface area contributed by atoms with Crippen LogP contribution in [0.25, 0.3) is 22.2 Å². The molecule has 3 heterocycles. The molecule has 1 aromatic heterocycles. The summed E-state index contributed by atoms with van der Waals surface area (Å²) in [6.45, 7) is 10.5. The van der Waals surface area contributed by atoms with E-state index in [9.17, 15) is 14.4 Å². The van der Waals surface area contributed by atoms with Gasteiger partial charge in [-0.3, -0.25) is 19.3 Å². The average Bonchev–Trinajstić information content (AvgIpc) is 3.59. The van der Waals surface area contributed by atoms with E-state index in [2.05, 4.69) is 33.8 Å². The number of unbranched alkanes of at least 4 members (excludes halogenated alkanes) is 2. The van der Waals surface area contributed by atoms with Gasteiger partial charge in [0.15, 0.2) is 0 Å². The fraction of sp³-hybridized carbons (Fsp3) is 0.463. The Morgan fingerprint density at radius 1 is 0.860 bits per heavy atom. The van der Waals surface area contributed by atoms with Crippen LogP contribution in [0.15, 0.2) is 48.5 Å². The quantitative estimate of drug-likeness (QED) is 0.154. The molecule has 6 rings (SSSR count). The third-order valence-electron chi connectivity index (χ3n) is 10.6. The van der Waals surface area contributed by atoms with E-state index >= 15 is 0 Å². The smallest absolute Gasteiger partial charge is 0.259 e. The van der Waals surface area contributed by atoms with Crippen LogP contribution in [-0.4, -0.2) is 135 Å². The normalized spacial score (nSPS) is 14.9. The molecule has 3 aromatic carbocycles. The molecule has 0 atom stereocenters. The molecule has 16 heteroatoms. The summed E-state index contributed by atoms with van der Waals surface area (Å²) < 4.78 is 12.1. The molecule has 2 saturated heterocycles. The second-order valence-corrected chi connectivity index (χ2v) is 14.6. The Morgan fingerprint density at radius 2 is 1.54 bits per heavy atom. The number of likely N-dealkylation sites (N-methyl/N-ethyl adjacent to an activating group) is 2. The van der Waals surface area contributed by atoms with Gasteiger partial charge in [-0.1, -0.05) is 18.2 Å². The van der Waals surface area contributed by atoms with E-state index in [-0.39, 0.29) is 60.0 Å². The minimum Gasteiger partial charge on any atom is -0.495 e. The molecule has 3 amide bonds. The lowest BCUT2D eigenvalue weighted by atomic mass is 9.95. The second-order valence-electron chi connectivity index (χ2n) is 14.6. The molecule has 312 valence electrons. The highest BCUT2D eigenvalue weighted by molar-refractivity contribution is 6.15. The number of carbonyl (C=O) groups is 3. The summed E-state index contributed by atoms with van der Waals surface area (Å²) in [5.74, 6) is 0.635. The Labute approximate surface area is 354 Å². The van der Waals surface area contributed by atoms with Gasteiger partial charge in [0.2, 0.25) is 5.91 Å². The highest BCUT2D eigenvalue weighted by Crippen LogP contribution is 2.39. The van der Waals surface area contributed by atoms with Crippen LogP contribution in [0, 0.1) is 6.92 Å². The number of para-hydroxylation sites is 1. The van der Waals surface area contributed by atoms with Gasteiger partial charge in [-0.25, -0.2) is 4.98 Å². The van der Waals surface area contributed by atoms with E-state index in [0.717, 1.165) is 99.6 Å². The molecule has 0 radical (unpaired) electrons. The van der Waals surface area contributed by atoms with Gasteiger partial charge in [0, 0.05) is 77.0 Å². The molecule has 2 aliphatic heterocycles. The van der Waals surface area contributed by atoms with E-state index in [4.69, 9.17) is 20.2 Å². The predicted octanol–water partition coefficient (Wildman–Crippen LogP) is 5.65. The molecular formula is C41H57Cl3N8O5. The number of rotatable bonds is 14. The maximum absolute atomic E-state index is 14.2. The first-order chi connectivity index (χ1) is 26.0. The van der Waals surface area contributed by atoms with Crippen LogP contribution >= 0.6 is 37.2 Å². The minimum atomic E-state index is -0.776. The number of imidazole rings is 1. The summed E-state index contributed by atoms with van der Waals surface area (Å²) in [6, 6.07) is 14.9. The fourth-order valence-corrected chi connectivity index (χ4v) is 7.28. The Bertz CT molecular complexity index is 1980. The van der Waals surface area contributed by atoms with E-state index in [1.165, 1.54) is 12.0 Å². The topological polar surface area (TPSA) is 141 Å². The molecular weight excluding hydrogens is 791 g/mol. The maximum atomic E-state index is 14.2. The van der Waals surface area contributed by atoms with Crippen LogP contribution in [0.1, 0.15) is 57.8 Å². The number of nitrogens with zero attached hydrogens (tertiary/aromatic N) is 6. The monoisotopic (exact) mass is 846 g/mol. The lowest BCUT2D eigenvalue weighted by molar-refractivity contribution is -0.132. The lowest BCUT2D eigenvalue weighted by Crippen LogP contribution is -2.47. The second kappa shape index (κ2) is 21.6. The molecule has 3 N–H and O–H groups in total. The van der Waals surface area contributed by atoms with E-state index in [1.807, 2.05) is 48.2 Å². The van der Waals surface area contributed by atoms with Crippen molar-refractivity contribution in [3.8, 4) is 22.6 Å². The van der Waals surface area contributed by atoms with Crippen LogP contribution < -0.4 is 20.1 Å². The predicted molar refractivity (Wildman–Crippen MR) is 233 cm³/mol. The Morgan fingerprint density at radius 3 is 2.21 bits per heavy atom. The first-order valence-electron chi connectivity index (χ1n) is 18.9. The third-order valence-corrected chi connectivity index (χ3v) is 10.6. The van der Waals surface area contributed by atoms with E-state index < -0.39 is 11.8 Å². The molecule has 2 fully saturated rings. The zero-order valence-electron chi connectivity index (χ0n) is 33.5. The van der Waals surface area contributed by atoms with E-state index in [1.54, 1.807) is 19.2 Å². The largest absolute Gasteiger partial charge is 0.495 e. The number of aryl methyl sites for hydroxylation is 1. The van der Waals surface area contributed by atoms with Gasteiger partial charge >= 0.3 is 0 Å². The van der Waals surface area contributed by atoms with Gasteiger partial charge in [-0.2, -0.15) is 0 Å². The van der Waals surface area contributed by atoms with Gasteiger partial charge in [-0.15, -0.1) is 37.2 Å². The molecule has 0 saturated carbocycles. The van der Waals surface area contributed by atoms with Crippen molar-refractivity contribution in [3.63, 3.8) is 0 Å². The summed E-state index contributed by atoms with van der Waals surface area (Å²) in [7, 11) is 7.34. The number of benzene rings is 3. The molecule has 57 heavy (non-hydrogen) atoms. The molecule has 0 bridgehead atoms. The van der Waals surface area contributed by atoms with Crippen LogP contribution in [0.2, 0.25) is 0 Å². The number of halogens is 3. The number of anilines is 1. The molecule has 4 aromatic rings. The SMILES string of the molecule is COc1c(-c2cccc3[nH]c(CN4CCN(C)CC4)nc23)ccc(C(=O)N(C)c2ccc(C)cc2OCCCCCC(=O)N2CCN(C)CC2)c1C(N)=O.Cl.Cl.Cl. The number of hydrogen-bond donors (Lipinski definition) is 2. The summed E-state index contributed by atoms with van der Waals surface area (Å²) in [5.41, 5.74) is 10.6. The Balaban J connectivity index is 0.00000290. The molecule has 2 aliphatic rings. The number of nitrogens with two attached hydrogens (primary N) is 1. The van der Waals surface area contributed by atoms with Crippen LogP contribution in [-0.2, 0) is 11.3 Å². The fourth-order valence-electron chi connectivity index (χ4n) is 7.28. The number of aromatic amines is 1. The number of nitrogens with one attached hydrogen (secondary N) is 1. The van der Waals surface area contributed by atoms with Crippen molar-refractivity contribution in [2.24, 2.45) is 5.73 Å². The highest BCUT2D eigenvalue weighted by atomic mass is 35.5. The summed E-state index contributed by atoms with van der Waals surface area (Å²) in [5, 5.41) is 0. The van der Waals surface area contributed by atoms with Gasteiger partial charge in [-0.05, 0) is 76.2 Å². The number of aromatic nitrogens is 2. The Kier molecular flexibility index (Phi) is 17.9. The van der Waals surface area contributed by atoms with Crippen molar-refractivity contribution in [1.82, 2.24) is 29.6 Å². The maximum Gasteiger partial charge on any atom is 0.259 e. The lowest BCUT2D eigenvalue weighted by Gasteiger charge is -2.32. The first-order valence-corrected chi connectivity index (χ1v) is 18.9. The summed E-state index contributed by atoms with van der Waals surface area (Å²) in [4.78, 5) is 58.8. The zero-order valence-corrected chi connectivity index (χ0v) is 36.0. The highest BCUT2D eigenvalue weighted by Gasteiger charge is 2.28. The van der Waals surface area contributed by atoms with Crippen molar-refractivity contribution < 1.29 is 23.9 Å². The van der Waals surface area contributed by atoms with Crippen molar-refractivity contribution in [3.05, 3.63) is 71.0 Å². The van der Waals surface area contributed by atoms with Crippen molar-refractivity contribution in [1.29, 1.82) is 0 Å². The standard InChI is InChI=1S/C41H54N8O5.3ClH/c1-28-13-16-33(34(26-28)54-25-8-6-7-12-36(50)49-23-19-46(3)20-24-49)47(4)41(52)31-15-14-30(39(53-5)37(31)40(42)51)29-10-9-11-32-38(29)44-35(43-32)27-48-21-17-45(2)18-22-48;;;/h9-11,13-16,26H,6-8,12,17-25,27H2,1-5H3,(H2,42,51)(H,43,44);3*1H. The Hall–Kier alpha value is -4.11. The van der Waals surface area contributed by atoms with Crippen LogP contribution in [0.5, 0.6) is 11.5 Å². The van der Waals surface area contributed by atoms with E-state index in [0.29, 0.717) is 36.6 Å². The first kappa shape index (κ1) is 47.3. The number of carbonyl (C=O) groups excluding carboxylic acids is 3. The number of ether oxygens (including phenoxy) is 2. The molecule has 13 nitrogen and oxygen atoms in total. The minimum absolute atomic E-state index is 0. The number of amides is 3. The van der Waals surface area contributed by atoms with Crippen molar-refractivity contribution in [2.45, 2.75) is 39.2 Å². The molecule has 0 spiro atoms. The van der Waals surface area contributed by atoms with Crippen LogP contribution in [0.3, 0.4) is 0 Å². The van der Waals surface area contributed by atoms with Crippen molar-refractivity contribution >= 4 is 71.7 Å². The zero-order chi connectivity index (χ0) is 38.4. The van der Waals surface area contributed by atoms with Crippen molar-refractivity contribution in [2.75, 3.05) is 92.1 Å². The summed E-state index contributed by atoms with van der Waals surface area (Å²) in [6.07, 6.45) is 2.96. The van der Waals surface area contributed by atoms with Gasteiger partial charge < -0.3 is 39.8 Å². The molecule has 0 aliphatic carbocycles. The van der Waals surface area contributed by atoms with Gasteiger partial charge in [0.1, 0.15) is 17.3 Å². The number of methoxy groups -OCH3 is 1.